The zero-order valence-corrected chi connectivity index (χ0v) is 24.3. The van der Waals surface area contributed by atoms with Crippen LogP contribution in [0.5, 0.6) is 23.0 Å². The minimum atomic E-state index is -4.71. The average Bonchev–Trinajstić information content (AvgIpc) is 3.68. The Balaban J connectivity index is 1.84. The van der Waals surface area contributed by atoms with E-state index in [0.717, 1.165) is 11.6 Å². The summed E-state index contributed by atoms with van der Waals surface area (Å²) in [5.41, 5.74) is 2.17. The van der Waals surface area contributed by atoms with E-state index in [0.29, 0.717) is 56.8 Å². The summed E-state index contributed by atoms with van der Waals surface area (Å²) in [5.74, 6) is 1.73. The van der Waals surface area contributed by atoms with Crippen LogP contribution in [0, 0.1) is 0 Å². The van der Waals surface area contributed by atoms with Gasteiger partial charge in [0.25, 0.3) is 5.95 Å². The van der Waals surface area contributed by atoms with Gasteiger partial charge in [-0.1, -0.05) is 13.0 Å². The molecular formula is C30H27F3N4O4S. The molecule has 5 aromatic rings. The first-order valence-corrected chi connectivity index (χ1v) is 13.7. The molecule has 0 unspecified atom stereocenters. The van der Waals surface area contributed by atoms with Crippen LogP contribution >= 0.6 is 11.3 Å². The molecule has 3 aromatic heterocycles. The van der Waals surface area contributed by atoms with Crippen molar-refractivity contribution in [1.82, 2.24) is 19.7 Å². The molecule has 3 heterocycles. The third-order valence-electron chi connectivity index (χ3n) is 6.62. The maximum atomic E-state index is 14.1. The van der Waals surface area contributed by atoms with E-state index >= 15 is 0 Å². The van der Waals surface area contributed by atoms with Crippen LogP contribution in [0.25, 0.3) is 39.0 Å². The Bertz CT molecular complexity index is 1720. The third kappa shape index (κ3) is 5.37. The second-order valence-corrected chi connectivity index (χ2v) is 9.94. The smallest absolute Gasteiger partial charge is 0.433 e. The van der Waals surface area contributed by atoms with Crippen LogP contribution in [-0.2, 0) is 12.6 Å². The molecule has 0 saturated heterocycles. The first-order chi connectivity index (χ1) is 20.2. The van der Waals surface area contributed by atoms with Crippen LogP contribution in [-0.4, -0.2) is 48.2 Å². The van der Waals surface area contributed by atoms with Gasteiger partial charge < -0.3 is 18.9 Å². The largest absolute Gasteiger partial charge is 0.493 e. The van der Waals surface area contributed by atoms with Gasteiger partial charge >= 0.3 is 6.18 Å². The Morgan fingerprint density at radius 3 is 1.95 bits per heavy atom. The van der Waals surface area contributed by atoms with Crippen molar-refractivity contribution in [2.24, 2.45) is 0 Å². The quantitative estimate of drug-likeness (QED) is 0.176. The predicted molar refractivity (Wildman–Crippen MR) is 154 cm³/mol. The molecule has 0 bridgehead atoms. The van der Waals surface area contributed by atoms with E-state index in [1.807, 2.05) is 13.0 Å². The summed E-state index contributed by atoms with van der Waals surface area (Å²) < 4.78 is 65.5. The number of hydrogen-bond acceptors (Lipinski definition) is 8. The lowest BCUT2D eigenvalue weighted by molar-refractivity contribution is -0.141. The molecule has 42 heavy (non-hydrogen) atoms. The Morgan fingerprint density at radius 2 is 1.40 bits per heavy atom. The minimum absolute atomic E-state index is 0.141. The zero-order valence-electron chi connectivity index (χ0n) is 23.4. The van der Waals surface area contributed by atoms with Gasteiger partial charge in [0.15, 0.2) is 28.7 Å². The lowest BCUT2D eigenvalue weighted by Gasteiger charge is -2.14. The molecule has 0 fully saturated rings. The Morgan fingerprint density at radius 1 is 0.786 bits per heavy atom. The zero-order chi connectivity index (χ0) is 30.0. The number of aromatic nitrogens is 4. The summed E-state index contributed by atoms with van der Waals surface area (Å²) in [6, 6.07) is 15.0. The summed E-state index contributed by atoms with van der Waals surface area (Å²) in [5, 5.41) is 6.61. The van der Waals surface area contributed by atoms with Gasteiger partial charge in [-0.05, 0) is 60.3 Å². The van der Waals surface area contributed by atoms with Crippen molar-refractivity contribution in [3.8, 4) is 62.0 Å². The first-order valence-electron chi connectivity index (χ1n) is 12.8. The summed E-state index contributed by atoms with van der Waals surface area (Å²) >= 11 is 1.28. The minimum Gasteiger partial charge on any atom is -0.493 e. The van der Waals surface area contributed by atoms with Crippen molar-refractivity contribution in [3.05, 3.63) is 71.2 Å². The second-order valence-electron chi connectivity index (χ2n) is 8.99. The molecular weight excluding hydrogens is 569 g/mol. The Kier molecular flexibility index (Phi) is 8.08. The van der Waals surface area contributed by atoms with Crippen LogP contribution in [0.1, 0.15) is 18.2 Å². The van der Waals surface area contributed by atoms with Gasteiger partial charge in [-0.2, -0.15) is 23.0 Å². The lowest BCUT2D eigenvalue weighted by Crippen LogP contribution is -2.14. The van der Waals surface area contributed by atoms with Crippen LogP contribution in [0.4, 0.5) is 13.2 Å². The average molecular weight is 597 g/mol. The maximum Gasteiger partial charge on any atom is 0.433 e. The highest BCUT2D eigenvalue weighted by Gasteiger charge is 2.35. The molecule has 0 aliphatic rings. The van der Waals surface area contributed by atoms with Crippen LogP contribution in [0.2, 0.25) is 0 Å². The van der Waals surface area contributed by atoms with Gasteiger partial charge in [0, 0.05) is 16.7 Å². The van der Waals surface area contributed by atoms with Gasteiger partial charge in [-0.15, -0.1) is 11.3 Å². The van der Waals surface area contributed by atoms with Gasteiger partial charge in [0.1, 0.15) is 0 Å². The molecule has 0 saturated carbocycles. The van der Waals surface area contributed by atoms with Gasteiger partial charge in [-0.25, -0.2) is 9.97 Å². The summed E-state index contributed by atoms with van der Waals surface area (Å²) in [4.78, 5) is 9.09. The van der Waals surface area contributed by atoms with Crippen LogP contribution < -0.4 is 18.9 Å². The number of nitrogens with zero attached hydrogens (tertiary/aromatic N) is 4. The van der Waals surface area contributed by atoms with E-state index in [2.05, 4.69) is 9.97 Å². The molecule has 8 nitrogen and oxygen atoms in total. The standard InChI is InChI=1S/C30H27F3N4O4S/c1-6-19-27(17-9-11-21(38-2)23(14-17)40-4)36-37(28(19)18-10-12-22(39-3)24(15-18)41-5)29-34-20(25-8-7-13-42-25)16-26(35-29)30(31,32)33/h7-16H,6H2,1-5H3. The SMILES string of the molecule is CCc1c(-c2ccc(OC)c(OC)c2)nn(-c2nc(-c3cccs3)cc(C(F)(F)F)n2)c1-c1ccc(OC)c(OC)c1. The normalized spacial score (nSPS) is 11.4. The van der Waals surface area contributed by atoms with Crippen molar-refractivity contribution in [2.45, 2.75) is 19.5 Å². The number of methoxy groups -OCH3 is 4. The molecule has 0 radical (unpaired) electrons. The van der Waals surface area contributed by atoms with Crippen molar-refractivity contribution in [2.75, 3.05) is 28.4 Å². The highest BCUT2D eigenvalue weighted by atomic mass is 32.1. The Labute approximate surface area is 244 Å². The molecule has 218 valence electrons. The van der Waals surface area contributed by atoms with Crippen molar-refractivity contribution in [1.29, 1.82) is 0 Å². The number of alkyl halides is 3. The van der Waals surface area contributed by atoms with Crippen molar-refractivity contribution < 1.29 is 32.1 Å². The van der Waals surface area contributed by atoms with Gasteiger partial charge in [0.2, 0.25) is 0 Å². The van der Waals surface area contributed by atoms with Gasteiger partial charge in [0.05, 0.1) is 50.4 Å². The van der Waals surface area contributed by atoms with E-state index in [9.17, 15) is 13.2 Å². The second kappa shape index (κ2) is 11.7. The van der Waals surface area contributed by atoms with E-state index in [-0.39, 0.29) is 11.6 Å². The van der Waals surface area contributed by atoms with Crippen molar-refractivity contribution >= 4 is 11.3 Å². The molecule has 5 rings (SSSR count). The monoisotopic (exact) mass is 596 g/mol. The highest BCUT2D eigenvalue weighted by molar-refractivity contribution is 7.13. The van der Waals surface area contributed by atoms with Gasteiger partial charge in [-0.3, -0.25) is 0 Å². The van der Waals surface area contributed by atoms with E-state index in [1.165, 1.54) is 44.5 Å². The number of benzene rings is 2. The van der Waals surface area contributed by atoms with Crippen LogP contribution in [0.15, 0.2) is 60.0 Å². The van der Waals surface area contributed by atoms with Crippen molar-refractivity contribution in [3.63, 3.8) is 0 Å². The summed E-state index contributed by atoms with van der Waals surface area (Å²) in [6.07, 6.45) is -4.22. The molecule has 12 heteroatoms. The van der Waals surface area contributed by atoms with E-state index < -0.39 is 11.9 Å². The number of ether oxygens (including phenoxy) is 4. The molecule has 0 aliphatic heterocycles. The predicted octanol–water partition coefficient (Wildman–Crippen LogP) is 7.34. The number of halogens is 3. The number of rotatable bonds is 9. The molecule has 0 spiro atoms. The molecule has 2 aromatic carbocycles. The van der Waals surface area contributed by atoms with Crippen LogP contribution in [0.3, 0.4) is 0 Å². The highest BCUT2D eigenvalue weighted by Crippen LogP contribution is 2.41. The fraction of sp³-hybridized carbons (Fsp3) is 0.233. The summed E-state index contributed by atoms with van der Waals surface area (Å²) in [7, 11) is 6.10. The first kappa shape index (κ1) is 28.9. The summed E-state index contributed by atoms with van der Waals surface area (Å²) in [6.45, 7) is 1.94. The lowest BCUT2D eigenvalue weighted by atomic mass is 9.99. The Hall–Kier alpha value is -4.58. The topological polar surface area (TPSA) is 80.5 Å². The molecule has 0 aliphatic carbocycles. The molecule has 0 amide bonds. The maximum absolute atomic E-state index is 14.1. The fourth-order valence-corrected chi connectivity index (χ4v) is 5.34. The number of thiophene rings is 1. The molecule has 0 N–H and O–H groups in total. The molecule has 0 atom stereocenters. The third-order valence-corrected chi connectivity index (χ3v) is 7.51. The number of hydrogen-bond donors (Lipinski definition) is 0. The van der Waals surface area contributed by atoms with E-state index in [1.54, 1.807) is 47.8 Å². The van der Waals surface area contributed by atoms with E-state index in [4.69, 9.17) is 24.0 Å². The fourth-order valence-electron chi connectivity index (χ4n) is 4.65.